The molecule has 0 N–H and O–H groups in total. The van der Waals surface area contributed by atoms with Crippen LogP contribution in [0.2, 0.25) is 5.15 Å². The van der Waals surface area contributed by atoms with Crippen LogP contribution in [0.1, 0.15) is 31.2 Å². The van der Waals surface area contributed by atoms with Gasteiger partial charge in [-0.05, 0) is 37.7 Å². The zero-order valence-electron chi connectivity index (χ0n) is 11.5. The number of nitrogens with zero attached hydrogens (tertiary/aromatic N) is 2. The Bertz CT molecular complexity index is 511. The molecule has 0 radical (unpaired) electrons. The molecule has 0 bridgehead atoms. The van der Waals surface area contributed by atoms with E-state index < -0.39 is 12.1 Å². The molecule has 21 heavy (non-hydrogen) atoms. The van der Waals surface area contributed by atoms with E-state index in [1.54, 1.807) is 12.1 Å². The van der Waals surface area contributed by atoms with Gasteiger partial charge in [-0.15, -0.1) is 10.2 Å². The Morgan fingerprint density at radius 3 is 2.48 bits per heavy atom. The molecule has 1 aromatic rings. The van der Waals surface area contributed by atoms with Crippen LogP contribution in [0.5, 0.6) is 5.88 Å². The maximum Gasteiger partial charge on any atom is 0.391 e. The van der Waals surface area contributed by atoms with Gasteiger partial charge in [0.2, 0.25) is 5.88 Å². The number of alkyl halides is 3. The number of aromatic nitrogens is 2. The summed E-state index contributed by atoms with van der Waals surface area (Å²) in [5.74, 6) is -0.673. The van der Waals surface area contributed by atoms with Gasteiger partial charge in [0.05, 0.1) is 13.0 Å². The Hall–Kier alpha value is -1.30. The van der Waals surface area contributed by atoms with Gasteiger partial charge in [-0.3, -0.25) is 0 Å². The first-order chi connectivity index (χ1) is 9.90. The highest BCUT2D eigenvalue weighted by Crippen LogP contribution is 2.40. The van der Waals surface area contributed by atoms with Gasteiger partial charge in [-0.2, -0.15) is 13.2 Å². The number of rotatable bonds is 3. The van der Waals surface area contributed by atoms with Crippen molar-refractivity contribution in [3.63, 3.8) is 0 Å². The summed E-state index contributed by atoms with van der Waals surface area (Å²) in [7, 11) is 1.48. The first-order valence-corrected chi connectivity index (χ1v) is 7.10. The van der Waals surface area contributed by atoms with E-state index in [0.717, 1.165) is 0 Å². The summed E-state index contributed by atoms with van der Waals surface area (Å²) < 4.78 is 42.9. The largest absolute Gasteiger partial charge is 0.479 e. The van der Waals surface area contributed by atoms with E-state index in [1.165, 1.54) is 7.11 Å². The van der Waals surface area contributed by atoms with Crippen molar-refractivity contribution >= 4 is 17.7 Å². The molecule has 1 heterocycles. The molecule has 1 aliphatic carbocycles. The van der Waals surface area contributed by atoms with Crippen LogP contribution in [-0.4, -0.2) is 23.5 Å². The summed E-state index contributed by atoms with van der Waals surface area (Å²) >= 11 is 5.78. The fourth-order valence-corrected chi connectivity index (χ4v) is 2.68. The highest BCUT2D eigenvalue weighted by molar-refractivity contribution is 6.29. The SMILES string of the molecule is COc1nnc(Cl)cc1/C=C/[C@H]1CC[C@H](C(F)(F)F)CC1. The standard InChI is InChI=1S/C14H16ClF3N2O/c1-21-13-10(8-12(15)19-20-13)5-2-9-3-6-11(7-4-9)14(16,17)18/h2,5,8-9,11H,3-4,6-7H2,1H3/b5-2+/t9-,11-. The molecule has 3 nitrogen and oxygen atoms in total. The van der Waals surface area contributed by atoms with Crippen molar-refractivity contribution in [2.75, 3.05) is 7.11 Å². The van der Waals surface area contributed by atoms with Gasteiger partial charge in [-0.25, -0.2) is 0 Å². The lowest BCUT2D eigenvalue weighted by atomic mass is 9.81. The maximum atomic E-state index is 12.6. The van der Waals surface area contributed by atoms with Crippen molar-refractivity contribution in [1.29, 1.82) is 0 Å². The lowest BCUT2D eigenvalue weighted by Gasteiger charge is -2.28. The van der Waals surface area contributed by atoms with Crippen LogP contribution in [0.4, 0.5) is 13.2 Å². The average molecular weight is 321 g/mol. The molecule has 0 spiro atoms. The van der Waals surface area contributed by atoms with Crippen molar-refractivity contribution < 1.29 is 17.9 Å². The molecule has 0 atom stereocenters. The van der Waals surface area contributed by atoms with E-state index in [4.69, 9.17) is 16.3 Å². The van der Waals surface area contributed by atoms with Crippen LogP contribution < -0.4 is 4.74 Å². The van der Waals surface area contributed by atoms with E-state index in [9.17, 15) is 13.2 Å². The lowest BCUT2D eigenvalue weighted by molar-refractivity contribution is -0.183. The van der Waals surface area contributed by atoms with Gasteiger partial charge in [0.15, 0.2) is 5.15 Å². The second-order valence-corrected chi connectivity index (χ2v) is 5.53. The fourth-order valence-electron chi connectivity index (χ4n) is 2.53. The van der Waals surface area contributed by atoms with E-state index in [2.05, 4.69) is 10.2 Å². The van der Waals surface area contributed by atoms with Gasteiger partial charge in [0, 0.05) is 5.56 Å². The van der Waals surface area contributed by atoms with E-state index >= 15 is 0 Å². The Kier molecular flexibility index (Phi) is 5.08. The minimum absolute atomic E-state index is 0.139. The molecule has 116 valence electrons. The average Bonchev–Trinajstić information content (AvgIpc) is 2.45. The summed E-state index contributed by atoms with van der Waals surface area (Å²) in [4.78, 5) is 0. The molecule has 1 aliphatic rings. The second-order valence-electron chi connectivity index (χ2n) is 5.14. The van der Waals surface area contributed by atoms with Gasteiger partial charge in [0.25, 0.3) is 0 Å². The van der Waals surface area contributed by atoms with Crippen LogP contribution in [0.3, 0.4) is 0 Å². The lowest BCUT2D eigenvalue weighted by Crippen LogP contribution is -2.27. The van der Waals surface area contributed by atoms with E-state index in [0.29, 0.717) is 24.3 Å². The molecule has 1 fully saturated rings. The quantitative estimate of drug-likeness (QED) is 0.821. The van der Waals surface area contributed by atoms with Crippen molar-refractivity contribution in [2.45, 2.75) is 31.9 Å². The monoisotopic (exact) mass is 320 g/mol. The maximum absolute atomic E-state index is 12.6. The molecule has 1 saturated carbocycles. The number of halogens is 4. The molecule has 0 aromatic carbocycles. The zero-order valence-corrected chi connectivity index (χ0v) is 12.3. The second kappa shape index (κ2) is 6.64. The van der Waals surface area contributed by atoms with Gasteiger partial charge in [0.1, 0.15) is 0 Å². The Labute approximate surface area is 126 Å². The third-order valence-corrected chi connectivity index (χ3v) is 3.92. The first kappa shape index (κ1) is 16.1. The third-order valence-electron chi connectivity index (χ3n) is 3.73. The molecule has 0 aliphatic heterocycles. The zero-order chi connectivity index (χ0) is 15.5. The van der Waals surface area contributed by atoms with Crippen LogP contribution in [0.15, 0.2) is 12.1 Å². The summed E-state index contributed by atoms with van der Waals surface area (Å²) in [5, 5.41) is 7.72. The van der Waals surface area contributed by atoms with Gasteiger partial charge in [-0.1, -0.05) is 23.8 Å². The minimum atomic E-state index is -4.07. The summed E-state index contributed by atoms with van der Waals surface area (Å²) in [6.45, 7) is 0. The summed E-state index contributed by atoms with van der Waals surface area (Å²) in [6, 6.07) is 1.62. The fraction of sp³-hybridized carbons (Fsp3) is 0.571. The van der Waals surface area contributed by atoms with Crippen LogP contribution >= 0.6 is 11.6 Å². The van der Waals surface area contributed by atoms with E-state index in [1.807, 2.05) is 6.08 Å². The van der Waals surface area contributed by atoms with Crippen molar-refractivity contribution in [3.8, 4) is 5.88 Å². The number of allylic oxidation sites excluding steroid dienone is 1. The molecule has 2 rings (SSSR count). The Morgan fingerprint density at radius 1 is 1.24 bits per heavy atom. The van der Waals surface area contributed by atoms with Crippen molar-refractivity contribution in [2.24, 2.45) is 11.8 Å². The normalized spacial score (nSPS) is 23.5. The Morgan fingerprint density at radius 2 is 1.90 bits per heavy atom. The third kappa shape index (κ3) is 4.33. The highest BCUT2D eigenvalue weighted by atomic mass is 35.5. The highest BCUT2D eigenvalue weighted by Gasteiger charge is 2.40. The molecule has 0 saturated heterocycles. The molecular weight excluding hydrogens is 305 g/mol. The smallest absolute Gasteiger partial charge is 0.391 e. The van der Waals surface area contributed by atoms with Gasteiger partial charge >= 0.3 is 6.18 Å². The van der Waals surface area contributed by atoms with E-state index in [-0.39, 0.29) is 23.9 Å². The van der Waals surface area contributed by atoms with Crippen LogP contribution in [0, 0.1) is 11.8 Å². The molecule has 7 heteroatoms. The predicted molar refractivity (Wildman–Crippen MR) is 74.1 cm³/mol. The van der Waals surface area contributed by atoms with Crippen molar-refractivity contribution in [3.05, 3.63) is 22.9 Å². The minimum Gasteiger partial charge on any atom is -0.479 e. The van der Waals surface area contributed by atoms with Crippen LogP contribution in [-0.2, 0) is 0 Å². The molecular formula is C14H16ClF3N2O. The number of hydrogen-bond donors (Lipinski definition) is 0. The molecule has 1 aromatic heterocycles. The topological polar surface area (TPSA) is 35.0 Å². The summed E-state index contributed by atoms with van der Waals surface area (Å²) in [5.41, 5.74) is 0.676. The molecule has 0 amide bonds. The van der Waals surface area contributed by atoms with Crippen LogP contribution in [0.25, 0.3) is 6.08 Å². The Balaban J connectivity index is 1.99. The predicted octanol–water partition coefficient (Wildman–Crippen LogP) is 4.52. The van der Waals surface area contributed by atoms with Crippen molar-refractivity contribution in [1.82, 2.24) is 10.2 Å². The number of hydrogen-bond acceptors (Lipinski definition) is 3. The number of methoxy groups -OCH3 is 1. The van der Waals surface area contributed by atoms with Gasteiger partial charge < -0.3 is 4.74 Å². The first-order valence-electron chi connectivity index (χ1n) is 6.72. The number of ether oxygens (including phenoxy) is 1. The molecule has 0 unspecified atom stereocenters. The summed E-state index contributed by atoms with van der Waals surface area (Å²) in [6.07, 6.45) is 1.07.